The third-order valence-electron chi connectivity index (χ3n) is 2.71. The molecule has 0 saturated carbocycles. The van der Waals surface area contributed by atoms with Crippen LogP contribution in [0.5, 0.6) is 5.75 Å². The second-order valence-corrected chi connectivity index (χ2v) is 7.72. The molecule has 2 aromatic rings. The van der Waals surface area contributed by atoms with Crippen molar-refractivity contribution < 1.29 is 13.2 Å². The van der Waals surface area contributed by atoms with Crippen molar-refractivity contribution in [2.75, 3.05) is 18.1 Å². The highest BCUT2D eigenvalue weighted by molar-refractivity contribution is 7.90. The highest BCUT2D eigenvalue weighted by Gasteiger charge is 2.07. The lowest BCUT2D eigenvalue weighted by atomic mass is 10.3. The maximum absolute atomic E-state index is 11.4. The summed E-state index contributed by atoms with van der Waals surface area (Å²) in [4.78, 5) is 5.57. The predicted molar refractivity (Wildman–Crippen MR) is 84.8 cm³/mol. The van der Waals surface area contributed by atoms with Crippen LogP contribution >= 0.6 is 11.3 Å². The van der Waals surface area contributed by atoms with Gasteiger partial charge >= 0.3 is 0 Å². The molecule has 0 saturated heterocycles. The number of rotatable bonds is 7. The fourth-order valence-corrected chi connectivity index (χ4v) is 3.01. The van der Waals surface area contributed by atoms with E-state index in [-0.39, 0.29) is 0 Å². The number of thiazole rings is 1. The number of nitrogens with one attached hydrogen (secondary N) is 1. The Hall–Kier alpha value is -1.60. The quantitative estimate of drug-likeness (QED) is 0.847. The minimum absolute atomic E-state index is 0.290. The van der Waals surface area contributed by atoms with Gasteiger partial charge in [0.1, 0.15) is 12.4 Å². The van der Waals surface area contributed by atoms with Gasteiger partial charge in [0.25, 0.3) is 0 Å². The van der Waals surface area contributed by atoms with Crippen LogP contribution in [0.1, 0.15) is 18.2 Å². The maximum Gasteiger partial charge on any atom is 0.182 e. The van der Waals surface area contributed by atoms with Gasteiger partial charge in [0, 0.05) is 19.0 Å². The summed E-state index contributed by atoms with van der Waals surface area (Å²) in [6.45, 7) is 3.43. The number of aromatic nitrogens is 1. The van der Waals surface area contributed by atoms with Crippen LogP contribution in [0.15, 0.2) is 35.4 Å². The van der Waals surface area contributed by atoms with Gasteiger partial charge in [0.05, 0.1) is 9.77 Å². The summed E-state index contributed by atoms with van der Waals surface area (Å²) in [5, 5.41) is 4.11. The van der Waals surface area contributed by atoms with Crippen LogP contribution in [0.3, 0.4) is 0 Å². The molecule has 0 bridgehead atoms. The fourth-order valence-electron chi connectivity index (χ4n) is 1.63. The zero-order valence-electron chi connectivity index (χ0n) is 12.0. The molecule has 0 atom stereocenters. The Kier molecular flexibility index (Phi) is 5.19. The molecule has 5 nitrogen and oxygen atoms in total. The maximum atomic E-state index is 11.4. The number of sulfone groups is 1. The average Bonchev–Trinajstić information content (AvgIpc) is 2.90. The van der Waals surface area contributed by atoms with E-state index in [0.29, 0.717) is 17.3 Å². The van der Waals surface area contributed by atoms with E-state index in [1.165, 1.54) is 6.26 Å². The Balaban J connectivity index is 1.92. The van der Waals surface area contributed by atoms with Crippen molar-refractivity contribution in [2.45, 2.75) is 24.8 Å². The van der Waals surface area contributed by atoms with Crippen molar-refractivity contribution in [2.24, 2.45) is 0 Å². The van der Waals surface area contributed by atoms with Gasteiger partial charge in [-0.15, -0.1) is 0 Å². The van der Waals surface area contributed by atoms with E-state index in [9.17, 15) is 8.42 Å². The minimum Gasteiger partial charge on any atom is -0.488 e. The Labute approximate surface area is 128 Å². The Morgan fingerprint density at radius 2 is 2.00 bits per heavy atom. The first-order valence-corrected chi connectivity index (χ1v) is 9.31. The average molecular weight is 326 g/mol. The molecular formula is C14H18N2O3S2. The second kappa shape index (κ2) is 6.91. The molecule has 1 N–H and O–H groups in total. The van der Waals surface area contributed by atoms with E-state index in [4.69, 9.17) is 4.74 Å². The van der Waals surface area contributed by atoms with E-state index in [1.807, 2.05) is 0 Å². The third-order valence-corrected chi connectivity index (χ3v) is 4.77. The molecule has 0 unspecified atom stereocenters. The van der Waals surface area contributed by atoms with Crippen LogP contribution in [0.2, 0.25) is 0 Å². The van der Waals surface area contributed by atoms with E-state index >= 15 is 0 Å². The lowest BCUT2D eigenvalue weighted by Crippen LogP contribution is -1.98. The summed E-state index contributed by atoms with van der Waals surface area (Å²) in [6, 6.07) is 6.42. The molecule has 114 valence electrons. The van der Waals surface area contributed by atoms with E-state index < -0.39 is 9.84 Å². The predicted octanol–water partition coefficient (Wildman–Crippen LogP) is 2.95. The van der Waals surface area contributed by atoms with E-state index in [2.05, 4.69) is 17.2 Å². The van der Waals surface area contributed by atoms with Crippen molar-refractivity contribution in [3.8, 4) is 5.75 Å². The van der Waals surface area contributed by atoms with E-state index in [1.54, 1.807) is 41.8 Å². The largest absolute Gasteiger partial charge is 0.488 e. The Morgan fingerprint density at radius 3 is 2.62 bits per heavy atom. The topological polar surface area (TPSA) is 68.3 Å². The molecule has 1 heterocycles. The molecule has 0 spiro atoms. The van der Waals surface area contributed by atoms with Gasteiger partial charge in [-0.3, -0.25) is 0 Å². The monoisotopic (exact) mass is 326 g/mol. The van der Waals surface area contributed by atoms with Crippen LogP contribution in [0.4, 0.5) is 5.13 Å². The normalized spacial score (nSPS) is 11.3. The Bertz CT molecular complexity index is 678. The van der Waals surface area contributed by atoms with Crippen molar-refractivity contribution >= 4 is 26.3 Å². The number of ether oxygens (including phenoxy) is 1. The van der Waals surface area contributed by atoms with Gasteiger partial charge in [0.15, 0.2) is 15.0 Å². The standard InChI is InChI=1S/C14H18N2O3S2/c1-3-8-15-14-16-9-12(20-14)10-19-11-4-6-13(7-5-11)21(2,17)18/h4-7,9H,3,8,10H2,1-2H3,(H,15,16). The highest BCUT2D eigenvalue weighted by Crippen LogP contribution is 2.21. The van der Waals surface area contributed by atoms with Gasteiger partial charge in [-0.25, -0.2) is 13.4 Å². The van der Waals surface area contributed by atoms with Gasteiger partial charge in [-0.05, 0) is 30.7 Å². The molecule has 0 radical (unpaired) electrons. The van der Waals surface area contributed by atoms with Crippen molar-refractivity contribution in [3.05, 3.63) is 35.3 Å². The van der Waals surface area contributed by atoms with Crippen LogP contribution in [0, 0.1) is 0 Å². The second-order valence-electron chi connectivity index (χ2n) is 4.59. The van der Waals surface area contributed by atoms with Crippen LogP contribution in [-0.4, -0.2) is 26.2 Å². The lowest BCUT2D eigenvalue weighted by molar-refractivity contribution is 0.309. The van der Waals surface area contributed by atoms with Gasteiger partial charge in [-0.2, -0.15) is 0 Å². The van der Waals surface area contributed by atoms with Gasteiger partial charge in [-0.1, -0.05) is 18.3 Å². The molecule has 0 aliphatic heterocycles. The highest BCUT2D eigenvalue weighted by atomic mass is 32.2. The van der Waals surface area contributed by atoms with Gasteiger partial charge < -0.3 is 10.1 Å². The van der Waals surface area contributed by atoms with Crippen molar-refractivity contribution in [3.63, 3.8) is 0 Å². The first-order chi connectivity index (χ1) is 9.99. The number of nitrogens with zero attached hydrogens (tertiary/aromatic N) is 1. The van der Waals surface area contributed by atoms with E-state index in [0.717, 1.165) is 23.0 Å². The van der Waals surface area contributed by atoms with Crippen LogP contribution in [-0.2, 0) is 16.4 Å². The van der Waals surface area contributed by atoms with Crippen molar-refractivity contribution in [1.82, 2.24) is 4.98 Å². The third kappa shape index (κ3) is 4.71. The van der Waals surface area contributed by atoms with Crippen LogP contribution < -0.4 is 10.1 Å². The summed E-state index contributed by atoms with van der Waals surface area (Å²) in [5.74, 6) is 0.638. The lowest BCUT2D eigenvalue weighted by Gasteiger charge is -2.05. The molecule has 0 aliphatic rings. The summed E-state index contributed by atoms with van der Waals surface area (Å²) in [6.07, 6.45) is 4.02. The number of hydrogen-bond donors (Lipinski definition) is 1. The number of hydrogen-bond acceptors (Lipinski definition) is 6. The zero-order chi connectivity index (χ0) is 15.3. The fraction of sp³-hybridized carbons (Fsp3) is 0.357. The molecule has 0 amide bonds. The first-order valence-electron chi connectivity index (χ1n) is 6.60. The molecule has 21 heavy (non-hydrogen) atoms. The Morgan fingerprint density at radius 1 is 1.29 bits per heavy atom. The SMILES string of the molecule is CCCNc1ncc(COc2ccc(S(C)(=O)=O)cc2)s1. The summed E-state index contributed by atoms with van der Waals surface area (Å²) >= 11 is 1.56. The molecule has 2 rings (SSSR count). The number of anilines is 1. The molecule has 0 aliphatic carbocycles. The summed E-state index contributed by atoms with van der Waals surface area (Å²) < 4.78 is 28.3. The number of benzene rings is 1. The van der Waals surface area contributed by atoms with Crippen LogP contribution in [0.25, 0.3) is 0 Å². The minimum atomic E-state index is -3.16. The zero-order valence-corrected chi connectivity index (χ0v) is 13.6. The molecular weight excluding hydrogens is 308 g/mol. The smallest absolute Gasteiger partial charge is 0.182 e. The molecule has 1 aromatic carbocycles. The van der Waals surface area contributed by atoms with Crippen molar-refractivity contribution in [1.29, 1.82) is 0 Å². The first kappa shape index (κ1) is 15.8. The van der Waals surface area contributed by atoms with Gasteiger partial charge in [0.2, 0.25) is 0 Å². The molecule has 0 fully saturated rings. The molecule has 1 aromatic heterocycles. The summed E-state index contributed by atoms with van der Waals surface area (Å²) in [5.41, 5.74) is 0. The summed E-state index contributed by atoms with van der Waals surface area (Å²) in [7, 11) is -3.16. The molecule has 7 heteroatoms.